The number of rotatable bonds is 5. The standard InChI is InChI=1S/C20H28N2O2/c1-4-13(2)14-7-9-22-19(11-14)20(23)16-8-10-21-18-6-5-15(24-3)12-17(16)18/h5-6,8,10,12-14,19-20,22-23H,4,7,9,11H2,1-3H3/t13-,14+,19+,20-/m1/s1. The van der Waals surface area contributed by atoms with Gasteiger partial charge in [0.05, 0.1) is 18.7 Å². The second kappa shape index (κ2) is 7.49. The molecule has 0 unspecified atom stereocenters. The zero-order valence-electron chi connectivity index (χ0n) is 14.8. The summed E-state index contributed by atoms with van der Waals surface area (Å²) >= 11 is 0. The summed E-state index contributed by atoms with van der Waals surface area (Å²) < 4.78 is 5.34. The zero-order valence-corrected chi connectivity index (χ0v) is 14.8. The minimum Gasteiger partial charge on any atom is -0.497 e. The third kappa shape index (κ3) is 3.40. The first kappa shape index (κ1) is 17.2. The van der Waals surface area contributed by atoms with E-state index in [-0.39, 0.29) is 6.04 Å². The average Bonchev–Trinajstić information content (AvgIpc) is 2.65. The lowest BCUT2D eigenvalue weighted by Crippen LogP contribution is -2.43. The van der Waals surface area contributed by atoms with Crippen molar-refractivity contribution in [1.29, 1.82) is 0 Å². The Kier molecular flexibility index (Phi) is 5.36. The number of nitrogens with zero attached hydrogens (tertiary/aromatic N) is 1. The number of nitrogens with one attached hydrogen (secondary N) is 1. The molecular formula is C20H28N2O2. The summed E-state index contributed by atoms with van der Waals surface area (Å²) in [5.41, 5.74) is 1.82. The van der Waals surface area contributed by atoms with Crippen LogP contribution in [0.25, 0.3) is 10.9 Å². The highest BCUT2D eigenvalue weighted by atomic mass is 16.5. The van der Waals surface area contributed by atoms with Crippen molar-refractivity contribution in [2.75, 3.05) is 13.7 Å². The number of pyridine rings is 1. The highest BCUT2D eigenvalue weighted by molar-refractivity contribution is 5.83. The third-order valence-corrected chi connectivity index (χ3v) is 5.61. The lowest BCUT2D eigenvalue weighted by atomic mass is 9.79. The molecular weight excluding hydrogens is 300 g/mol. The Balaban J connectivity index is 1.89. The van der Waals surface area contributed by atoms with Crippen molar-refractivity contribution in [3.63, 3.8) is 0 Å². The second-order valence-electron chi connectivity index (χ2n) is 6.96. The van der Waals surface area contributed by atoms with Crippen LogP contribution in [0.1, 0.15) is 44.8 Å². The minimum atomic E-state index is -0.533. The molecule has 24 heavy (non-hydrogen) atoms. The van der Waals surface area contributed by atoms with Crippen LogP contribution in [0, 0.1) is 11.8 Å². The summed E-state index contributed by atoms with van der Waals surface area (Å²) in [5, 5.41) is 15.5. The van der Waals surface area contributed by atoms with Gasteiger partial charge in [0, 0.05) is 17.6 Å². The molecule has 4 atom stereocenters. The molecule has 0 radical (unpaired) electrons. The third-order valence-electron chi connectivity index (χ3n) is 5.61. The molecule has 0 spiro atoms. The highest BCUT2D eigenvalue weighted by Crippen LogP contribution is 2.34. The summed E-state index contributed by atoms with van der Waals surface area (Å²) in [6.45, 7) is 5.55. The van der Waals surface area contributed by atoms with Gasteiger partial charge in [-0.05, 0) is 61.1 Å². The Morgan fingerprint density at radius 1 is 1.38 bits per heavy atom. The van der Waals surface area contributed by atoms with Crippen LogP contribution in [0.4, 0.5) is 0 Å². The molecule has 1 aliphatic heterocycles. The van der Waals surface area contributed by atoms with Gasteiger partial charge < -0.3 is 15.2 Å². The predicted octanol–water partition coefficient (Wildman–Crippen LogP) is 3.69. The van der Waals surface area contributed by atoms with Crippen molar-refractivity contribution >= 4 is 10.9 Å². The van der Waals surface area contributed by atoms with Gasteiger partial charge in [0.2, 0.25) is 0 Å². The maximum absolute atomic E-state index is 11.0. The van der Waals surface area contributed by atoms with Gasteiger partial charge in [0.15, 0.2) is 0 Å². The number of fused-ring (bicyclic) bond motifs is 1. The van der Waals surface area contributed by atoms with Crippen LogP contribution >= 0.6 is 0 Å². The number of benzene rings is 1. The molecule has 0 aliphatic carbocycles. The molecule has 0 amide bonds. The maximum Gasteiger partial charge on any atom is 0.119 e. The molecule has 4 nitrogen and oxygen atoms in total. The fourth-order valence-corrected chi connectivity index (χ4v) is 3.82. The minimum absolute atomic E-state index is 0.0922. The van der Waals surface area contributed by atoms with Crippen LogP contribution in [0.15, 0.2) is 30.5 Å². The van der Waals surface area contributed by atoms with E-state index >= 15 is 0 Å². The predicted molar refractivity (Wildman–Crippen MR) is 97.2 cm³/mol. The van der Waals surface area contributed by atoms with E-state index in [0.29, 0.717) is 11.8 Å². The largest absolute Gasteiger partial charge is 0.497 e. The smallest absolute Gasteiger partial charge is 0.119 e. The molecule has 1 fully saturated rings. The van der Waals surface area contributed by atoms with Gasteiger partial charge in [-0.1, -0.05) is 20.3 Å². The van der Waals surface area contributed by atoms with Crippen molar-refractivity contribution in [3.05, 3.63) is 36.0 Å². The molecule has 130 valence electrons. The van der Waals surface area contributed by atoms with Gasteiger partial charge >= 0.3 is 0 Å². The van der Waals surface area contributed by atoms with Crippen LogP contribution in [-0.2, 0) is 0 Å². The molecule has 1 aromatic carbocycles. The van der Waals surface area contributed by atoms with Crippen LogP contribution < -0.4 is 10.1 Å². The van der Waals surface area contributed by atoms with Gasteiger partial charge in [-0.3, -0.25) is 4.98 Å². The molecule has 2 aromatic rings. The fourth-order valence-electron chi connectivity index (χ4n) is 3.82. The van der Waals surface area contributed by atoms with Crippen LogP contribution in [0.5, 0.6) is 5.75 Å². The van der Waals surface area contributed by atoms with E-state index in [2.05, 4.69) is 24.1 Å². The first-order valence-electron chi connectivity index (χ1n) is 8.98. The van der Waals surface area contributed by atoms with Crippen molar-refractivity contribution < 1.29 is 9.84 Å². The number of aliphatic hydroxyl groups excluding tert-OH is 1. The van der Waals surface area contributed by atoms with Gasteiger partial charge in [-0.15, -0.1) is 0 Å². The molecule has 0 bridgehead atoms. The van der Waals surface area contributed by atoms with Crippen LogP contribution in [-0.4, -0.2) is 29.8 Å². The number of aliphatic hydroxyl groups is 1. The van der Waals surface area contributed by atoms with E-state index in [9.17, 15) is 5.11 Å². The van der Waals surface area contributed by atoms with Crippen molar-refractivity contribution in [3.8, 4) is 5.75 Å². The summed E-state index contributed by atoms with van der Waals surface area (Å²) in [7, 11) is 1.66. The number of hydrogen-bond acceptors (Lipinski definition) is 4. The van der Waals surface area contributed by atoms with E-state index in [4.69, 9.17) is 4.74 Å². The molecule has 1 saturated heterocycles. The molecule has 0 saturated carbocycles. The molecule has 4 heteroatoms. The lowest BCUT2D eigenvalue weighted by Gasteiger charge is -2.36. The van der Waals surface area contributed by atoms with E-state index in [1.807, 2.05) is 24.3 Å². The van der Waals surface area contributed by atoms with E-state index in [1.165, 1.54) is 12.8 Å². The van der Waals surface area contributed by atoms with Crippen LogP contribution in [0.3, 0.4) is 0 Å². The Morgan fingerprint density at radius 3 is 2.96 bits per heavy atom. The normalized spacial score (nSPS) is 23.8. The zero-order chi connectivity index (χ0) is 17.1. The Morgan fingerprint density at radius 2 is 2.21 bits per heavy atom. The average molecular weight is 328 g/mol. The number of aromatic nitrogens is 1. The van der Waals surface area contributed by atoms with Gasteiger partial charge in [0.1, 0.15) is 5.75 Å². The maximum atomic E-state index is 11.0. The summed E-state index contributed by atoms with van der Waals surface area (Å²) in [6, 6.07) is 7.84. The summed E-state index contributed by atoms with van der Waals surface area (Å²) in [4.78, 5) is 4.41. The topological polar surface area (TPSA) is 54.4 Å². The molecule has 2 heterocycles. The Bertz CT molecular complexity index is 688. The summed E-state index contributed by atoms with van der Waals surface area (Å²) in [6.07, 6.45) is 4.66. The highest BCUT2D eigenvalue weighted by Gasteiger charge is 2.30. The Hall–Kier alpha value is -1.65. The molecule has 1 aromatic heterocycles. The van der Waals surface area contributed by atoms with Gasteiger partial charge in [-0.25, -0.2) is 0 Å². The van der Waals surface area contributed by atoms with E-state index < -0.39 is 6.10 Å². The molecule has 1 aliphatic rings. The first-order chi connectivity index (χ1) is 11.6. The number of methoxy groups -OCH3 is 1. The molecule has 2 N–H and O–H groups in total. The van der Waals surface area contributed by atoms with Crippen molar-refractivity contribution in [2.45, 2.75) is 45.3 Å². The van der Waals surface area contributed by atoms with Crippen molar-refractivity contribution in [2.24, 2.45) is 11.8 Å². The lowest BCUT2D eigenvalue weighted by molar-refractivity contribution is 0.0880. The summed E-state index contributed by atoms with van der Waals surface area (Å²) in [5.74, 6) is 2.17. The first-order valence-corrected chi connectivity index (χ1v) is 8.98. The van der Waals surface area contributed by atoms with E-state index in [0.717, 1.165) is 35.2 Å². The van der Waals surface area contributed by atoms with E-state index in [1.54, 1.807) is 13.3 Å². The SMILES string of the molecule is CC[C@@H](C)[C@H]1CCN[C@H]([C@H](O)c2ccnc3ccc(OC)cc23)C1. The number of piperidine rings is 1. The Labute approximate surface area is 144 Å². The van der Waals surface area contributed by atoms with Gasteiger partial charge in [-0.2, -0.15) is 0 Å². The van der Waals surface area contributed by atoms with Crippen molar-refractivity contribution in [1.82, 2.24) is 10.3 Å². The fraction of sp³-hybridized carbons (Fsp3) is 0.550. The second-order valence-corrected chi connectivity index (χ2v) is 6.96. The number of ether oxygens (including phenoxy) is 1. The van der Waals surface area contributed by atoms with Crippen LogP contribution in [0.2, 0.25) is 0 Å². The molecule has 3 rings (SSSR count). The van der Waals surface area contributed by atoms with Gasteiger partial charge in [0.25, 0.3) is 0 Å². The quantitative estimate of drug-likeness (QED) is 0.879. The number of hydrogen-bond donors (Lipinski definition) is 2. The monoisotopic (exact) mass is 328 g/mol.